The van der Waals surface area contributed by atoms with Crippen molar-refractivity contribution in [3.63, 3.8) is 0 Å². The first-order valence-corrected chi connectivity index (χ1v) is 39.1. The minimum atomic E-state index is -4.39. The van der Waals surface area contributed by atoms with E-state index in [2.05, 4.69) is 62.5 Å². The van der Waals surface area contributed by atoms with E-state index in [-0.39, 0.29) is 38.6 Å². The van der Waals surface area contributed by atoms with E-state index in [9.17, 15) is 19.0 Å². The highest BCUT2D eigenvalue weighted by atomic mass is 31.2. The number of unbranched alkanes of at least 4 members (excludes halogenated alkanes) is 51. The van der Waals surface area contributed by atoms with Gasteiger partial charge < -0.3 is 20.1 Å². The second-order valence-corrected chi connectivity index (χ2v) is 27.0. The Labute approximate surface area is 534 Å². The van der Waals surface area contributed by atoms with Crippen molar-refractivity contribution in [1.82, 2.24) is 0 Å². The van der Waals surface area contributed by atoms with Crippen LogP contribution >= 0.6 is 7.82 Å². The van der Waals surface area contributed by atoms with E-state index < -0.39 is 26.5 Å². The number of ether oxygens (including phenoxy) is 2. The lowest BCUT2D eigenvalue weighted by atomic mass is 10.0. The molecule has 0 radical (unpaired) electrons. The fourth-order valence-electron chi connectivity index (χ4n) is 11.5. The van der Waals surface area contributed by atoms with Crippen molar-refractivity contribution in [2.75, 3.05) is 26.4 Å². The molecule has 0 saturated carbocycles. The van der Waals surface area contributed by atoms with Crippen LogP contribution in [0.15, 0.2) is 48.6 Å². The Morgan fingerprint density at radius 2 is 0.640 bits per heavy atom. The molecule has 0 saturated heterocycles. The van der Waals surface area contributed by atoms with Crippen molar-refractivity contribution in [1.29, 1.82) is 0 Å². The van der Waals surface area contributed by atoms with Gasteiger partial charge in [0.1, 0.15) is 6.61 Å². The highest BCUT2D eigenvalue weighted by Gasteiger charge is 2.26. The van der Waals surface area contributed by atoms with Crippen molar-refractivity contribution in [2.45, 2.75) is 399 Å². The summed E-state index contributed by atoms with van der Waals surface area (Å²) in [5.41, 5.74) is 5.41. The third-order valence-electron chi connectivity index (χ3n) is 17.0. The molecule has 506 valence electrons. The summed E-state index contributed by atoms with van der Waals surface area (Å²) < 4.78 is 33.2. The molecule has 3 N–H and O–H groups in total. The largest absolute Gasteiger partial charge is 0.472 e. The zero-order chi connectivity index (χ0) is 62.3. The Morgan fingerprint density at radius 3 is 0.953 bits per heavy atom. The quantitative estimate of drug-likeness (QED) is 0.0264. The van der Waals surface area contributed by atoms with Gasteiger partial charge >= 0.3 is 19.8 Å². The van der Waals surface area contributed by atoms with Gasteiger partial charge in [0, 0.05) is 19.4 Å². The van der Waals surface area contributed by atoms with Crippen molar-refractivity contribution >= 4 is 19.8 Å². The molecule has 0 fully saturated rings. The van der Waals surface area contributed by atoms with Crippen LogP contribution < -0.4 is 5.73 Å². The van der Waals surface area contributed by atoms with Gasteiger partial charge in [-0.1, -0.05) is 377 Å². The highest BCUT2D eigenvalue weighted by Crippen LogP contribution is 2.43. The first kappa shape index (κ1) is 84.0. The molecule has 0 amide bonds. The molecule has 0 aliphatic heterocycles. The summed E-state index contributed by atoms with van der Waals surface area (Å²) in [7, 11) is -4.39. The van der Waals surface area contributed by atoms with Gasteiger partial charge in [-0.15, -0.1) is 0 Å². The number of esters is 2. The van der Waals surface area contributed by atoms with Crippen LogP contribution in [0.4, 0.5) is 0 Å². The molecule has 0 aromatic carbocycles. The molecule has 0 aromatic rings. The van der Waals surface area contributed by atoms with E-state index in [1.54, 1.807) is 0 Å². The fourth-order valence-corrected chi connectivity index (χ4v) is 12.2. The van der Waals surface area contributed by atoms with Crippen LogP contribution in [0, 0.1) is 0 Å². The lowest BCUT2D eigenvalue weighted by molar-refractivity contribution is -0.161. The van der Waals surface area contributed by atoms with Crippen molar-refractivity contribution < 1.29 is 37.6 Å². The molecule has 2 atom stereocenters. The summed E-state index contributed by atoms with van der Waals surface area (Å²) >= 11 is 0. The van der Waals surface area contributed by atoms with E-state index in [0.29, 0.717) is 6.42 Å². The third-order valence-corrected chi connectivity index (χ3v) is 18.0. The number of phosphoric acid groups is 1. The fraction of sp³-hybridized carbons (Fsp3) is 0.868. The monoisotopic (exact) mass is 1230 g/mol. The van der Waals surface area contributed by atoms with Crippen LogP contribution in [0.2, 0.25) is 0 Å². The Bertz CT molecular complexity index is 1550. The smallest absolute Gasteiger partial charge is 0.462 e. The number of phosphoric ester groups is 1. The van der Waals surface area contributed by atoms with E-state index in [0.717, 1.165) is 57.8 Å². The third kappa shape index (κ3) is 71.1. The molecule has 0 rings (SSSR count). The van der Waals surface area contributed by atoms with Gasteiger partial charge in [-0.05, 0) is 51.4 Å². The molecule has 86 heavy (non-hydrogen) atoms. The SMILES string of the molecule is CC/C=C\C/C=C\C/C=C\C/C=C\CCCCCCCCCCCCCCCCCCCCCCC(=O)OC(COC(=O)CCCCCCCCCCCCCCCCCCCCCCCCCCCCCCCCCC)COP(=O)(O)OCCN. The molecule has 0 aliphatic rings. The number of carbonyl (C=O) groups excluding carboxylic acids is 2. The summed E-state index contributed by atoms with van der Waals surface area (Å²) in [5, 5.41) is 0. The Balaban J connectivity index is 3.78. The second-order valence-electron chi connectivity index (χ2n) is 25.5. The lowest BCUT2D eigenvalue weighted by Gasteiger charge is -2.19. The predicted molar refractivity (Wildman–Crippen MR) is 372 cm³/mol. The second kappa shape index (κ2) is 72.0. The molecular weight excluding hydrogens is 1090 g/mol. The maximum absolute atomic E-state index is 12.8. The summed E-state index contributed by atoms with van der Waals surface area (Å²) in [5.74, 6) is -0.803. The summed E-state index contributed by atoms with van der Waals surface area (Å²) in [4.78, 5) is 35.4. The minimum Gasteiger partial charge on any atom is -0.462 e. The Hall–Kier alpha value is -2.03. The zero-order valence-corrected chi connectivity index (χ0v) is 58.0. The van der Waals surface area contributed by atoms with Crippen LogP contribution in [0.5, 0.6) is 0 Å². The lowest BCUT2D eigenvalue weighted by Crippen LogP contribution is -2.29. The van der Waals surface area contributed by atoms with Crippen LogP contribution in [0.25, 0.3) is 0 Å². The van der Waals surface area contributed by atoms with Gasteiger partial charge in [-0.25, -0.2) is 4.57 Å². The first-order chi connectivity index (χ1) is 42.3. The standard InChI is InChI=1S/C76H144NO8P/c1-3-5-7-9-11-13-15-17-19-21-23-25-27-29-31-33-35-37-39-41-43-45-47-49-51-53-55-57-59-61-63-65-67-69-76(79)85-74(73-84-86(80,81)83-71-70-77)72-82-75(78)68-66-64-62-60-58-56-54-52-50-48-46-44-42-40-38-36-34-32-30-28-26-24-22-20-18-16-14-12-10-8-6-4-2/h5,7,11,13,17,19,23,25,74H,3-4,6,8-10,12,14-16,18,20-22,24,26-73,77H2,1-2H3,(H,80,81)/b7-5-,13-11-,19-17-,25-23-. The number of allylic oxidation sites excluding steroid dienone is 8. The van der Waals surface area contributed by atoms with Crippen molar-refractivity contribution in [3.05, 3.63) is 48.6 Å². The average Bonchev–Trinajstić information content (AvgIpc) is 3.58. The number of nitrogens with two attached hydrogens (primary N) is 1. The summed E-state index contributed by atoms with van der Waals surface area (Å²) in [6.45, 7) is 3.71. The van der Waals surface area contributed by atoms with E-state index >= 15 is 0 Å². The maximum atomic E-state index is 12.8. The molecule has 2 unspecified atom stereocenters. The van der Waals surface area contributed by atoms with Crippen LogP contribution in [-0.4, -0.2) is 49.3 Å². The van der Waals surface area contributed by atoms with Crippen molar-refractivity contribution in [3.8, 4) is 0 Å². The zero-order valence-electron chi connectivity index (χ0n) is 57.1. The average molecular weight is 1230 g/mol. The van der Waals surface area contributed by atoms with Crippen LogP contribution in [0.3, 0.4) is 0 Å². The van der Waals surface area contributed by atoms with E-state index in [4.69, 9.17) is 24.3 Å². The molecule has 10 heteroatoms. The predicted octanol–water partition coefficient (Wildman–Crippen LogP) is 24.8. The molecule has 0 heterocycles. The highest BCUT2D eigenvalue weighted by molar-refractivity contribution is 7.47. The van der Waals surface area contributed by atoms with Gasteiger partial charge in [0.05, 0.1) is 13.2 Å². The molecule has 0 aromatic heterocycles. The molecule has 0 bridgehead atoms. The summed E-state index contributed by atoms with van der Waals surface area (Å²) in [6.07, 6.45) is 92.4. The number of hydrogen-bond donors (Lipinski definition) is 2. The van der Waals surface area contributed by atoms with E-state index in [1.807, 2.05) is 0 Å². The molecule has 0 spiro atoms. The van der Waals surface area contributed by atoms with Gasteiger partial charge in [0.2, 0.25) is 0 Å². The molecular formula is C76H144NO8P. The minimum absolute atomic E-state index is 0.0559. The molecule has 0 aliphatic carbocycles. The Morgan fingerprint density at radius 1 is 0.360 bits per heavy atom. The van der Waals surface area contributed by atoms with Crippen molar-refractivity contribution in [2.24, 2.45) is 5.73 Å². The van der Waals surface area contributed by atoms with Crippen LogP contribution in [0.1, 0.15) is 393 Å². The van der Waals surface area contributed by atoms with Gasteiger partial charge in [-0.2, -0.15) is 0 Å². The van der Waals surface area contributed by atoms with Gasteiger partial charge in [0.25, 0.3) is 0 Å². The number of carbonyl (C=O) groups is 2. The molecule has 9 nitrogen and oxygen atoms in total. The first-order valence-electron chi connectivity index (χ1n) is 37.6. The van der Waals surface area contributed by atoms with Crippen LogP contribution in [-0.2, 0) is 32.7 Å². The maximum Gasteiger partial charge on any atom is 0.472 e. The Kier molecular flexibility index (Phi) is 70.3. The number of rotatable bonds is 72. The summed E-state index contributed by atoms with van der Waals surface area (Å²) in [6, 6.07) is 0. The number of hydrogen-bond acceptors (Lipinski definition) is 8. The topological polar surface area (TPSA) is 134 Å². The van der Waals surface area contributed by atoms with E-state index in [1.165, 1.54) is 302 Å². The van der Waals surface area contributed by atoms with Gasteiger partial charge in [0.15, 0.2) is 6.10 Å². The van der Waals surface area contributed by atoms with Gasteiger partial charge in [-0.3, -0.25) is 18.6 Å². The normalized spacial score (nSPS) is 13.1.